The van der Waals surface area contributed by atoms with Crippen LogP contribution in [0.4, 0.5) is 16.3 Å². The van der Waals surface area contributed by atoms with Crippen LogP contribution in [0.15, 0.2) is 36.5 Å². The normalized spacial score (nSPS) is 19.5. The van der Waals surface area contributed by atoms with E-state index in [0.717, 1.165) is 30.2 Å². The quantitative estimate of drug-likeness (QED) is 0.751. The predicted octanol–water partition coefficient (Wildman–Crippen LogP) is 3.57. The Morgan fingerprint density at radius 1 is 1.22 bits per heavy atom. The van der Waals surface area contributed by atoms with Gasteiger partial charge in [0.25, 0.3) is 0 Å². The van der Waals surface area contributed by atoms with Crippen molar-refractivity contribution >= 4 is 29.1 Å². The largest absolute Gasteiger partial charge is 0.489 e. The third-order valence-corrected chi connectivity index (χ3v) is 5.37. The van der Waals surface area contributed by atoms with Crippen molar-refractivity contribution in [3.05, 3.63) is 47.1 Å². The summed E-state index contributed by atoms with van der Waals surface area (Å²) in [6, 6.07) is 9.43. The second kappa shape index (κ2) is 7.27. The van der Waals surface area contributed by atoms with Crippen LogP contribution in [-0.4, -0.2) is 54.7 Å². The molecule has 2 aliphatic rings. The number of hydrogen-bond donors (Lipinski definition) is 0. The maximum absolute atomic E-state index is 13.3. The standard InChI is InChI=1S/C20H23ClN4O2/c1-14-4-3-7-22-19(14)23-8-10-24(11-9-23)20(26)25-15(2)13-27-18-12-16(21)5-6-17(18)25/h3-7,12,15H,8-11,13H2,1-2H3. The van der Waals surface area contributed by atoms with Gasteiger partial charge >= 0.3 is 6.03 Å². The van der Waals surface area contributed by atoms with Crippen molar-refractivity contribution < 1.29 is 9.53 Å². The molecule has 0 bridgehead atoms. The Bertz CT molecular complexity index is 852. The number of anilines is 2. The first-order chi connectivity index (χ1) is 13.0. The van der Waals surface area contributed by atoms with Crippen molar-refractivity contribution in [2.24, 2.45) is 0 Å². The van der Waals surface area contributed by atoms with Crippen LogP contribution >= 0.6 is 11.6 Å². The van der Waals surface area contributed by atoms with Crippen molar-refractivity contribution in [2.75, 3.05) is 42.6 Å². The maximum atomic E-state index is 13.3. The number of aryl methyl sites for hydroxylation is 1. The van der Waals surface area contributed by atoms with E-state index < -0.39 is 0 Å². The molecule has 142 valence electrons. The van der Waals surface area contributed by atoms with Crippen LogP contribution in [0.25, 0.3) is 0 Å². The average molecular weight is 387 g/mol. The lowest BCUT2D eigenvalue weighted by atomic mass is 10.1. The van der Waals surface area contributed by atoms with Crippen molar-refractivity contribution in [1.82, 2.24) is 9.88 Å². The molecule has 1 aromatic heterocycles. The smallest absolute Gasteiger partial charge is 0.325 e. The summed E-state index contributed by atoms with van der Waals surface area (Å²) in [6.07, 6.45) is 1.82. The molecule has 1 aromatic carbocycles. The van der Waals surface area contributed by atoms with Gasteiger partial charge < -0.3 is 14.5 Å². The molecular weight excluding hydrogens is 364 g/mol. The van der Waals surface area contributed by atoms with Crippen LogP contribution < -0.4 is 14.5 Å². The van der Waals surface area contributed by atoms with Crippen LogP contribution in [0.3, 0.4) is 0 Å². The van der Waals surface area contributed by atoms with Gasteiger partial charge in [-0.3, -0.25) is 4.90 Å². The number of amides is 2. The summed E-state index contributed by atoms with van der Waals surface area (Å²) >= 11 is 6.07. The number of rotatable bonds is 1. The van der Waals surface area contributed by atoms with Crippen LogP contribution in [-0.2, 0) is 0 Å². The van der Waals surface area contributed by atoms with Crippen molar-refractivity contribution in [3.63, 3.8) is 0 Å². The molecule has 0 radical (unpaired) electrons. The number of carbonyl (C=O) groups is 1. The molecule has 2 amide bonds. The molecule has 0 aliphatic carbocycles. The van der Waals surface area contributed by atoms with E-state index in [2.05, 4.69) is 22.9 Å². The topological polar surface area (TPSA) is 48.9 Å². The highest BCUT2D eigenvalue weighted by Gasteiger charge is 2.34. The van der Waals surface area contributed by atoms with Gasteiger partial charge in [-0.05, 0) is 37.6 Å². The fourth-order valence-electron chi connectivity index (χ4n) is 3.69. The molecule has 1 saturated heterocycles. The second-order valence-electron chi connectivity index (χ2n) is 7.04. The lowest BCUT2D eigenvalue weighted by molar-refractivity contribution is 0.190. The number of fused-ring (bicyclic) bond motifs is 1. The number of benzene rings is 1. The Morgan fingerprint density at radius 2 is 2.00 bits per heavy atom. The molecule has 0 N–H and O–H groups in total. The van der Waals surface area contributed by atoms with Gasteiger partial charge in [0.1, 0.15) is 18.2 Å². The Morgan fingerprint density at radius 3 is 2.74 bits per heavy atom. The first-order valence-electron chi connectivity index (χ1n) is 9.21. The number of piperazine rings is 1. The third kappa shape index (κ3) is 3.41. The van der Waals surface area contributed by atoms with E-state index in [1.54, 1.807) is 12.1 Å². The molecule has 2 aromatic rings. The minimum atomic E-state index is -0.0257. The van der Waals surface area contributed by atoms with Gasteiger partial charge in [0.15, 0.2) is 0 Å². The van der Waals surface area contributed by atoms with Crippen LogP contribution in [0.5, 0.6) is 5.75 Å². The summed E-state index contributed by atoms with van der Waals surface area (Å²) in [4.78, 5) is 23.7. The molecular formula is C20H23ClN4O2. The number of aromatic nitrogens is 1. The minimum Gasteiger partial charge on any atom is -0.489 e. The van der Waals surface area contributed by atoms with E-state index in [-0.39, 0.29) is 12.1 Å². The van der Waals surface area contributed by atoms with Gasteiger partial charge in [0.2, 0.25) is 0 Å². The predicted molar refractivity (Wildman–Crippen MR) is 107 cm³/mol. The van der Waals surface area contributed by atoms with E-state index >= 15 is 0 Å². The average Bonchev–Trinajstić information content (AvgIpc) is 2.68. The zero-order valence-corrected chi connectivity index (χ0v) is 16.3. The van der Waals surface area contributed by atoms with Gasteiger partial charge in [-0.2, -0.15) is 0 Å². The molecule has 27 heavy (non-hydrogen) atoms. The first kappa shape index (κ1) is 17.9. The highest BCUT2D eigenvalue weighted by atomic mass is 35.5. The molecule has 0 saturated carbocycles. The summed E-state index contributed by atoms with van der Waals surface area (Å²) in [5.74, 6) is 1.67. The van der Waals surface area contributed by atoms with Crippen LogP contribution in [0, 0.1) is 6.92 Å². The molecule has 4 rings (SSSR count). The number of nitrogens with zero attached hydrogens (tertiary/aromatic N) is 4. The monoisotopic (exact) mass is 386 g/mol. The van der Waals surface area contributed by atoms with Crippen LogP contribution in [0.1, 0.15) is 12.5 Å². The van der Waals surface area contributed by atoms with Gasteiger partial charge in [-0.1, -0.05) is 17.7 Å². The number of halogens is 1. The zero-order chi connectivity index (χ0) is 19.0. The van der Waals surface area contributed by atoms with Crippen molar-refractivity contribution in [2.45, 2.75) is 19.9 Å². The minimum absolute atomic E-state index is 0.0202. The van der Waals surface area contributed by atoms with E-state index in [0.29, 0.717) is 30.5 Å². The molecule has 6 nitrogen and oxygen atoms in total. The maximum Gasteiger partial charge on any atom is 0.325 e. The lowest BCUT2D eigenvalue weighted by Crippen LogP contribution is -2.56. The molecule has 7 heteroatoms. The van der Waals surface area contributed by atoms with Crippen LogP contribution in [0.2, 0.25) is 5.02 Å². The third-order valence-electron chi connectivity index (χ3n) is 5.14. The van der Waals surface area contributed by atoms with Gasteiger partial charge in [-0.25, -0.2) is 9.78 Å². The Kier molecular flexibility index (Phi) is 4.83. The van der Waals surface area contributed by atoms with Crippen molar-refractivity contribution in [1.29, 1.82) is 0 Å². The Hall–Kier alpha value is -2.47. The first-order valence-corrected chi connectivity index (χ1v) is 9.59. The van der Waals surface area contributed by atoms with E-state index in [1.807, 2.05) is 35.1 Å². The zero-order valence-electron chi connectivity index (χ0n) is 15.6. The van der Waals surface area contributed by atoms with Gasteiger partial charge in [0.05, 0.1) is 11.7 Å². The summed E-state index contributed by atoms with van der Waals surface area (Å²) in [7, 11) is 0. The van der Waals surface area contributed by atoms with Gasteiger partial charge in [-0.15, -0.1) is 0 Å². The number of carbonyl (C=O) groups excluding carboxylic acids is 1. The SMILES string of the molecule is Cc1cccnc1N1CCN(C(=O)N2c3ccc(Cl)cc3OCC2C)CC1. The number of pyridine rings is 1. The summed E-state index contributed by atoms with van der Waals surface area (Å²) in [5.41, 5.74) is 1.94. The molecule has 1 atom stereocenters. The fraction of sp³-hybridized carbons (Fsp3) is 0.400. The number of hydrogen-bond acceptors (Lipinski definition) is 4. The molecule has 2 aliphatic heterocycles. The summed E-state index contributed by atoms with van der Waals surface area (Å²) < 4.78 is 5.76. The number of urea groups is 1. The van der Waals surface area contributed by atoms with E-state index in [9.17, 15) is 4.79 Å². The molecule has 1 fully saturated rings. The van der Waals surface area contributed by atoms with E-state index in [4.69, 9.17) is 16.3 Å². The molecule has 3 heterocycles. The van der Waals surface area contributed by atoms with Gasteiger partial charge in [0, 0.05) is 43.5 Å². The molecule has 1 unspecified atom stereocenters. The lowest BCUT2D eigenvalue weighted by Gasteiger charge is -2.41. The second-order valence-corrected chi connectivity index (χ2v) is 7.48. The Labute approximate surface area is 164 Å². The summed E-state index contributed by atoms with van der Waals surface area (Å²) in [6.45, 7) is 7.42. The highest BCUT2D eigenvalue weighted by Crippen LogP contribution is 2.36. The van der Waals surface area contributed by atoms with Crippen molar-refractivity contribution in [3.8, 4) is 5.75 Å². The Balaban J connectivity index is 1.49. The van der Waals surface area contributed by atoms with E-state index in [1.165, 1.54) is 0 Å². The summed E-state index contributed by atoms with van der Waals surface area (Å²) in [5, 5.41) is 0.607. The highest BCUT2D eigenvalue weighted by molar-refractivity contribution is 6.30. The molecule has 0 spiro atoms. The number of ether oxygens (including phenoxy) is 1. The fourth-order valence-corrected chi connectivity index (χ4v) is 3.85.